The molecule has 1 unspecified atom stereocenters. The van der Waals surface area contributed by atoms with Crippen molar-refractivity contribution in [2.45, 2.75) is 12.5 Å². The van der Waals surface area contributed by atoms with Crippen LogP contribution >= 0.6 is 23.2 Å². The van der Waals surface area contributed by atoms with Crippen LogP contribution in [0.5, 0.6) is 0 Å². The highest BCUT2D eigenvalue weighted by molar-refractivity contribution is 7.90. The number of hydrogen-bond donors (Lipinski definition) is 2. The lowest BCUT2D eigenvalue weighted by Crippen LogP contribution is -2.37. The maximum Gasteiger partial charge on any atom is 0.242 e. The molecule has 10 heteroatoms. The van der Waals surface area contributed by atoms with Crippen LogP contribution in [0.15, 0.2) is 6.07 Å². The normalized spacial score (nSPS) is 13.1. The van der Waals surface area contributed by atoms with Gasteiger partial charge in [0.05, 0.1) is 11.8 Å². The van der Waals surface area contributed by atoms with Gasteiger partial charge in [0.1, 0.15) is 20.8 Å². The highest BCUT2D eigenvalue weighted by Gasteiger charge is 2.17. The van der Waals surface area contributed by atoms with Gasteiger partial charge in [-0.05, 0) is 18.0 Å². The summed E-state index contributed by atoms with van der Waals surface area (Å²) in [5.41, 5.74) is 5.56. The molecule has 1 aromatic rings. The average Bonchev–Trinajstić information content (AvgIpc) is 2.23. The SMILES string of the molecule is CS(=O)(=O)CCC(N)C(=O)Nc1cc(Cl)nc(Cl)n1. The van der Waals surface area contributed by atoms with E-state index in [4.69, 9.17) is 28.9 Å². The zero-order valence-electron chi connectivity index (χ0n) is 9.93. The van der Waals surface area contributed by atoms with Crippen LogP contribution in [0.1, 0.15) is 6.42 Å². The first-order valence-electron chi connectivity index (χ1n) is 5.11. The van der Waals surface area contributed by atoms with Crippen molar-refractivity contribution < 1.29 is 13.2 Å². The summed E-state index contributed by atoms with van der Waals surface area (Å²) in [6.45, 7) is 0. The molecule has 19 heavy (non-hydrogen) atoms. The molecule has 0 bridgehead atoms. The Bertz CT molecular complexity index is 559. The first kappa shape index (κ1) is 16.1. The molecule has 0 aliphatic rings. The Kier molecular flexibility index (Phi) is 5.48. The predicted octanol–water partition coefficient (Wildman–Crippen LogP) is 0.484. The van der Waals surface area contributed by atoms with Crippen molar-refractivity contribution in [3.8, 4) is 0 Å². The van der Waals surface area contributed by atoms with Crippen molar-refractivity contribution in [1.29, 1.82) is 0 Å². The standard InChI is InChI=1S/C9H12Cl2N4O3S/c1-19(17,18)3-2-5(12)8(16)14-7-4-6(10)13-9(11)15-7/h4-5H,2-3,12H2,1H3,(H,13,14,15,16). The van der Waals surface area contributed by atoms with E-state index in [0.29, 0.717) is 0 Å². The second-order valence-electron chi connectivity index (χ2n) is 3.86. The molecule has 106 valence electrons. The molecule has 3 N–H and O–H groups in total. The summed E-state index contributed by atoms with van der Waals surface area (Å²) in [6.07, 6.45) is 1.08. The van der Waals surface area contributed by atoms with Gasteiger partial charge in [0.25, 0.3) is 0 Å². The van der Waals surface area contributed by atoms with Crippen molar-refractivity contribution in [3.63, 3.8) is 0 Å². The quantitative estimate of drug-likeness (QED) is 0.600. The fourth-order valence-electron chi connectivity index (χ4n) is 1.14. The van der Waals surface area contributed by atoms with Gasteiger partial charge in [-0.25, -0.2) is 18.4 Å². The van der Waals surface area contributed by atoms with Gasteiger partial charge in [-0.1, -0.05) is 11.6 Å². The van der Waals surface area contributed by atoms with E-state index >= 15 is 0 Å². The monoisotopic (exact) mass is 326 g/mol. The molecular weight excluding hydrogens is 315 g/mol. The van der Waals surface area contributed by atoms with Crippen molar-refractivity contribution in [1.82, 2.24) is 9.97 Å². The van der Waals surface area contributed by atoms with E-state index in [1.165, 1.54) is 6.07 Å². The summed E-state index contributed by atoms with van der Waals surface area (Å²) in [5, 5.41) is 2.33. The van der Waals surface area contributed by atoms with Crippen molar-refractivity contribution >= 4 is 44.8 Å². The van der Waals surface area contributed by atoms with E-state index in [1.54, 1.807) is 0 Å². The Morgan fingerprint density at radius 2 is 2.11 bits per heavy atom. The molecule has 0 spiro atoms. The van der Waals surface area contributed by atoms with Crippen LogP contribution in [-0.2, 0) is 14.6 Å². The molecule has 0 fully saturated rings. The van der Waals surface area contributed by atoms with Crippen LogP contribution in [0.3, 0.4) is 0 Å². The van der Waals surface area contributed by atoms with Crippen molar-refractivity contribution in [3.05, 3.63) is 16.5 Å². The molecule has 1 rings (SSSR count). The minimum absolute atomic E-state index is 0.0111. The Morgan fingerprint density at radius 3 is 2.63 bits per heavy atom. The molecule has 0 aliphatic heterocycles. The first-order valence-corrected chi connectivity index (χ1v) is 7.93. The topological polar surface area (TPSA) is 115 Å². The van der Waals surface area contributed by atoms with Gasteiger partial charge in [-0.2, -0.15) is 0 Å². The van der Waals surface area contributed by atoms with Gasteiger partial charge in [-0.3, -0.25) is 4.79 Å². The van der Waals surface area contributed by atoms with E-state index in [2.05, 4.69) is 15.3 Å². The number of hydrogen-bond acceptors (Lipinski definition) is 6. The zero-order chi connectivity index (χ0) is 14.6. The third-order valence-electron chi connectivity index (χ3n) is 2.06. The van der Waals surface area contributed by atoms with Gasteiger partial charge < -0.3 is 11.1 Å². The summed E-state index contributed by atoms with van der Waals surface area (Å²) in [4.78, 5) is 19.0. The van der Waals surface area contributed by atoms with Crippen molar-refractivity contribution in [2.24, 2.45) is 5.73 Å². The molecule has 0 aliphatic carbocycles. The number of carbonyl (C=O) groups excluding carboxylic acids is 1. The number of nitrogens with zero attached hydrogens (tertiary/aromatic N) is 2. The lowest BCUT2D eigenvalue weighted by molar-refractivity contribution is -0.117. The smallest absolute Gasteiger partial charge is 0.242 e. The van der Waals surface area contributed by atoms with Gasteiger partial charge >= 0.3 is 0 Å². The molecule has 1 aromatic heterocycles. The van der Waals surface area contributed by atoms with Crippen LogP contribution in [0, 0.1) is 0 Å². The number of sulfone groups is 1. The van der Waals surface area contributed by atoms with E-state index in [1.807, 2.05) is 0 Å². The Balaban J connectivity index is 2.63. The number of halogens is 2. The van der Waals surface area contributed by atoms with Crippen LogP contribution < -0.4 is 11.1 Å². The number of anilines is 1. The molecule has 1 heterocycles. The molecule has 0 aromatic carbocycles. The lowest BCUT2D eigenvalue weighted by atomic mass is 10.2. The highest BCUT2D eigenvalue weighted by Crippen LogP contribution is 2.14. The maximum atomic E-state index is 11.7. The second kappa shape index (κ2) is 6.47. The molecule has 1 amide bonds. The Morgan fingerprint density at radius 1 is 1.47 bits per heavy atom. The Hall–Kier alpha value is -0.960. The third kappa shape index (κ3) is 6.15. The highest BCUT2D eigenvalue weighted by atomic mass is 35.5. The van der Waals surface area contributed by atoms with E-state index in [9.17, 15) is 13.2 Å². The zero-order valence-corrected chi connectivity index (χ0v) is 12.3. The fourth-order valence-corrected chi connectivity index (χ4v) is 2.24. The van der Waals surface area contributed by atoms with Crippen LogP contribution in [0.2, 0.25) is 10.4 Å². The largest absolute Gasteiger partial charge is 0.320 e. The molecular formula is C9H12Cl2N4O3S. The summed E-state index contributed by atoms with van der Waals surface area (Å²) in [5.74, 6) is -0.647. The van der Waals surface area contributed by atoms with E-state index in [-0.39, 0.29) is 28.4 Å². The minimum atomic E-state index is -3.17. The first-order chi connectivity index (χ1) is 8.67. The van der Waals surface area contributed by atoms with Gasteiger partial charge in [-0.15, -0.1) is 0 Å². The molecule has 7 nitrogen and oxygen atoms in total. The van der Waals surface area contributed by atoms with E-state index < -0.39 is 21.8 Å². The number of nitrogens with one attached hydrogen (secondary N) is 1. The lowest BCUT2D eigenvalue weighted by Gasteiger charge is -2.11. The number of carbonyl (C=O) groups is 1. The second-order valence-corrected chi connectivity index (χ2v) is 6.84. The van der Waals surface area contributed by atoms with Gasteiger partial charge in [0, 0.05) is 12.3 Å². The molecule has 1 atom stereocenters. The fraction of sp³-hybridized carbons (Fsp3) is 0.444. The Labute approximate surface area is 120 Å². The van der Waals surface area contributed by atoms with Gasteiger partial charge in [0.2, 0.25) is 11.2 Å². The van der Waals surface area contributed by atoms with Gasteiger partial charge in [0.15, 0.2) is 0 Å². The van der Waals surface area contributed by atoms with E-state index in [0.717, 1.165) is 6.26 Å². The predicted molar refractivity (Wildman–Crippen MR) is 73.0 cm³/mol. The summed E-state index contributed by atoms with van der Waals surface area (Å²) < 4.78 is 21.9. The number of aromatic nitrogens is 2. The third-order valence-corrected chi connectivity index (χ3v) is 3.40. The number of amides is 1. The maximum absolute atomic E-state index is 11.7. The summed E-state index contributed by atoms with van der Waals surface area (Å²) in [6, 6.07) is 0.330. The van der Waals surface area contributed by atoms with Crippen molar-refractivity contribution in [2.75, 3.05) is 17.3 Å². The number of nitrogens with two attached hydrogens (primary N) is 1. The van der Waals surface area contributed by atoms with Crippen LogP contribution in [0.25, 0.3) is 0 Å². The number of rotatable bonds is 5. The van der Waals surface area contributed by atoms with Crippen LogP contribution in [0.4, 0.5) is 5.82 Å². The molecule has 0 saturated carbocycles. The van der Waals surface area contributed by atoms with Crippen LogP contribution in [-0.4, -0.2) is 42.3 Å². The minimum Gasteiger partial charge on any atom is -0.320 e. The molecule has 0 saturated heterocycles. The summed E-state index contributed by atoms with van der Waals surface area (Å²) >= 11 is 11.2. The molecule has 0 radical (unpaired) electrons. The average molecular weight is 327 g/mol. The summed E-state index contributed by atoms with van der Waals surface area (Å²) in [7, 11) is -3.17.